The molecule has 0 radical (unpaired) electrons. The smallest absolute Gasteiger partial charge is 0.156 e. The van der Waals surface area contributed by atoms with Crippen LogP contribution in [0.5, 0.6) is 0 Å². The first kappa shape index (κ1) is 19.1. The zero-order valence-electron chi connectivity index (χ0n) is 17.2. The minimum absolute atomic E-state index is 0.00185. The number of ether oxygens (including phenoxy) is 1. The van der Waals surface area contributed by atoms with Crippen molar-refractivity contribution < 1.29 is 14.6 Å². The molecule has 0 amide bonds. The Labute approximate surface area is 163 Å². The van der Waals surface area contributed by atoms with Gasteiger partial charge in [-0.2, -0.15) is 0 Å². The highest BCUT2D eigenvalue weighted by Gasteiger charge is 2.62. The van der Waals surface area contributed by atoms with Gasteiger partial charge in [0.1, 0.15) is 0 Å². The fourth-order valence-corrected chi connectivity index (χ4v) is 7.20. The van der Waals surface area contributed by atoms with Crippen molar-refractivity contribution in [1.29, 1.82) is 0 Å². The van der Waals surface area contributed by atoms with Gasteiger partial charge >= 0.3 is 0 Å². The zero-order chi connectivity index (χ0) is 19.6. The van der Waals surface area contributed by atoms with Gasteiger partial charge in [-0.05, 0) is 48.2 Å². The SMILES string of the molecule is C=C1/C=C\C2[C@@]3(C)CCCC(C)(C)C3[C@H](O)C[C@@]2(C)OC2C=CC(=O)CC12. The van der Waals surface area contributed by atoms with Crippen LogP contribution < -0.4 is 0 Å². The maximum Gasteiger partial charge on any atom is 0.156 e. The summed E-state index contributed by atoms with van der Waals surface area (Å²) in [6.07, 6.45) is 12.1. The van der Waals surface area contributed by atoms with Crippen molar-refractivity contribution in [3.63, 3.8) is 0 Å². The van der Waals surface area contributed by atoms with E-state index in [0.717, 1.165) is 12.0 Å². The van der Waals surface area contributed by atoms with Crippen molar-refractivity contribution in [2.24, 2.45) is 28.6 Å². The summed E-state index contributed by atoms with van der Waals surface area (Å²) in [5, 5.41) is 11.3. The van der Waals surface area contributed by atoms with Crippen LogP contribution in [0.25, 0.3) is 0 Å². The van der Waals surface area contributed by atoms with Crippen molar-refractivity contribution in [2.45, 2.75) is 77.6 Å². The van der Waals surface area contributed by atoms with E-state index in [-0.39, 0.29) is 46.6 Å². The number of allylic oxidation sites excluding steroid dienone is 2. The second-order valence-electron chi connectivity index (χ2n) is 10.5. The molecule has 4 aliphatic rings. The van der Waals surface area contributed by atoms with E-state index in [4.69, 9.17) is 4.74 Å². The Hall–Kier alpha value is -1.19. The summed E-state index contributed by atoms with van der Waals surface area (Å²) in [5.74, 6) is 0.627. The zero-order valence-corrected chi connectivity index (χ0v) is 17.2. The van der Waals surface area contributed by atoms with Gasteiger partial charge in [-0.3, -0.25) is 4.79 Å². The fraction of sp³-hybridized carbons (Fsp3) is 0.708. The van der Waals surface area contributed by atoms with Crippen LogP contribution in [0.4, 0.5) is 0 Å². The lowest BCUT2D eigenvalue weighted by molar-refractivity contribution is -0.230. The number of ketones is 1. The molecule has 3 aliphatic carbocycles. The summed E-state index contributed by atoms with van der Waals surface area (Å²) in [6, 6.07) is 0. The van der Waals surface area contributed by atoms with Crippen molar-refractivity contribution >= 4 is 5.78 Å². The Balaban J connectivity index is 1.79. The van der Waals surface area contributed by atoms with E-state index in [9.17, 15) is 9.90 Å². The molecule has 3 heteroatoms. The summed E-state index contributed by atoms with van der Waals surface area (Å²) in [6.45, 7) is 13.4. The molecule has 4 unspecified atom stereocenters. The van der Waals surface area contributed by atoms with Crippen LogP contribution in [0.2, 0.25) is 0 Å². The summed E-state index contributed by atoms with van der Waals surface area (Å²) in [4.78, 5) is 11.9. The molecule has 1 heterocycles. The standard InChI is InChI=1S/C24H34O3/c1-15-7-10-20-23(4)12-6-11-22(2,3)21(23)18(26)14-24(20,5)27-19-9-8-16(25)13-17(15)19/h7-10,17-21,26H,1,6,11-14H2,2-5H3/b10-7-/t17?,18-,19?,20?,21?,23-,24-/m1/s1. The summed E-state index contributed by atoms with van der Waals surface area (Å²) < 4.78 is 6.75. The van der Waals surface area contributed by atoms with Gasteiger partial charge in [0.25, 0.3) is 0 Å². The molecule has 0 aromatic carbocycles. The van der Waals surface area contributed by atoms with Crippen LogP contribution in [0.15, 0.2) is 36.5 Å². The van der Waals surface area contributed by atoms with E-state index in [2.05, 4.69) is 46.4 Å². The molecule has 3 nitrogen and oxygen atoms in total. The van der Waals surface area contributed by atoms with E-state index in [1.807, 2.05) is 6.08 Å². The molecule has 1 N–H and O–H groups in total. The number of hydrogen-bond donors (Lipinski definition) is 1. The average Bonchev–Trinajstić information content (AvgIpc) is 2.53. The molecule has 0 aromatic rings. The Morgan fingerprint density at radius 1 is 1.15 bits per heavy atom. The molecule has 4 rings (SSSR count). The topological polar surface area (TPSA) is 46.5 Å². The largest absolute Gasteiger partial charge is 0.393 e. The highest BCUT2D eigenvalue weighted by Crippen LogP contribution is 2.63. The molecular weight excluding hydrogens is 336 g/mol. The van der Waals surface area contributed by atoms with E-state index in [0.29, 0.717) is 12.8 Å². The second-order valence-corrected chi connectivity index (χ2v) is 10.5. The maximum atomic E-state index is 11.9. The number of rotatable bonds is 0. The third-order valence-corrected chi connectivity index (χ3v) is 8.13. The summed E-state index contributed by atoms with van der Waals surface area (Å²) in [5.41, 5.74) is 0.663. The summed E-state index contributed by atoms with van der Waals surface area (Å²) in [7, 11) is 0. The number of aliphatic hydroxyl groups excluding tert-OH is 1. The van der Waals surface area contributed by atoms with E-state index < -0.39 is 5.60 Å². The first-order valence-electron chi connectivity index (χ1n) is 10.5. The van der Waals surface area contributed by atoms with Crippen LogP contribution >= 0.6 is 0 Å². The van der Waals surface area contributed by atoms with Gasteiger partial charge < -0.3 is 9.84 Å². The van der Waals surface area contributed by atoms with Crippen LogP contribution in [0, 0.1) is 28.6 Å². The minimum Gasteiger partial charge on any atom is -0.393 e. The monoisotopic (exact) mass is 370 g/mol. The molecule has 1 aliphatic heterocycles. The van der Waals surface area contributed by atoms with Gasteiger partial charge in [0.05, 0.1) is 17.8 Å². The van der Waals surface area contributed by atoms with E-state index in [1.54, 1.807) is 6.08 Å². The van der Waals surface area contributed by atoms with E-state index >= 15 is 0 Å². The van der Waals surface area contributed by atoms with Crippen LogP contribution in [0.3, 0.4) is 0 Å². The number of carbonyl (C=O) groups excluding carboxylic acids is 1. The predicted octanol–water partition coefficient (Wildman–Crippen LogP) is 4.61. The number of fused-ring (bicyclic) bond motifs is 4. The van der Waals surface area contributed by atoms with Gasteiger partial charge in [0.15, 0.2) is 5.78 Å². The lowest BCUT2D eigenvalue weighted by Gasteiger charge is -2.63. The number of carbonyl (C=O) groups is 1. The van der Waals surface area contributed by atoms with E-state index in [1.165, 1.54) is 12.8 Å². The van der Waals surface area contributed by atoms with Crippen LogP contribution in [0.1, 0.15) is 59.8 Å². The first-order valence-corrected chi connectivity index (χ1v) is 10.5. The molecule has 0 aromatic heterocycles. The Bertz CT molecular complexity index is 717. The third kappa shape index (κ3) is 2.89. The van der Waals surface area contributed by atoms with Gasteiger partial charge in [-0.15, -0.1) is 0 Å². The maximum absolute atomic E-state index is 11.9. The van der Waals surface area contributed by atoms with Crippen LogP contribution in [-0.4, -0.2) is 28.7 Å². The summed E-state index contributed by atoms with van der Waals surface area (Å²) >= 11 is 0. The van der Waals surface area contributed by atoms with Crippen molar-refractivity contribution in [3.05, 3.63) is 36.5 Å². The van der Waals surface area contributed by atoms with Crippen molar-refractivity contribution in [3.8, 4) is 0 Å². The van der Waals surface area contributed by atoms with Crippen molar-refractivity contribution in [2.75, 3.05) is 0 Å². The Kier molecular flexibility index (Phi) is 4.36. The fourth-order valence-electron chi connectivity index (χ4n) is 7.20. The lowest BCUT2D eigenvalue weighted by atomic mass is 9.44. The molecular formula is C24H34O3. The highest BCUT2D eigenvalue weighted by molar-refractivity contribution is 5.91. The quantitative estimate of drug-likeness (QED) is 0.677. The number of hydrogen-bond acceptors (Lipinski definition) is 3. The van der Waals surface area contributed by atoms with Gasteiger partial charge in [-0.1, -0.05) is 52.0 Å². The Morgan fingerprint density at radius 2 is 1.89 bits per heavy atom. The third-order valence-electron chi connectivity index (χ3n) is 8.13. The minimum atomic E-state index is -0.442. The molecule has 0 saturated heterocycles. The molecule has 27 heavy (non-hydrogen) atoms. The first-order chi connectivity index (χ1) is 12.6. The van der Waals surface area contributed by atoms with Gasteiger partial charge in [0, 0.05) is 24.7 Å². The second kappa shape index (κ2) is 6.15. The molecule has 2 fully saturated rings. The lowest BCUT2D eigenvalue weighted by Crippen LogP contribution is -2.64. The molecule has 148 valence electrons. The van der Waals surface area contributed by atoms with Crippen LogP contribution in [-0.2, 0) is 9.53 Å². The Morgan fingerprint density at radius 3 is 2.63 bits per heavy atom. The van der Waals surface area contributed by atoms with Crippen molar-refractivity contribution in [1.82, 2.24) is 0 Å². The molecule has 0 spiro atoms. The highest BCUT2D eigenvalue weighted by atomic mass is 16.5. The molecule has 0 bridgehead atoms. The normalized spacial score (nSPS) is 50.0. The molecule has 2 saturated carbocycles. The van der Waals surface area contributed by atoms with Gasteiger partial charge in [-0.25, -0.2) is 0 Å². The molecule has 7 atom stereocenters. The average molecular weight is 371 g/mol. The number of aliphatic hydroxyl groups is 1. The predicted molar refractivity (Wildman–Crippen MR) is 107 cm³/mol. The van der Waals surface area contributed by atoms with Gasteiger partial charge in [0.2, 0.25) is 0 Å².